The third-order valence-electron chi connectivity index (χ3n) is 2.73. The molecule has 0 unspecified atom stereocenters. The van der Waals surface area contributed by atoms with E-state index in [0.29, 0.717) is 11.4 Å². The molecule has 0 aliphatic carbocycles. The molecule has 1 heterocycles. The smallest absolute Gasteiger partial charge is 0.272 e. The van der Waals surface area contributed by atoms with Crippen LogP contribution in [0.15, 0.2) is 54.6 Å². The minimum absolute atomic E-state index is 0.159. The molecule has 1 amide bonds. The lowest BCUT2D eigenvalue weighted by Crippen LogP contribution is -2.12. The van der Waals surface area contributed by atoms with Gasteiger partial charge in [0.25, 0.3) is 5.91 Å². The third kappa shape index (κ3) is 1.98. The molecular formula is C15H11N2O. The van der Waals surface area contributed by atoms with E-state index in [-0.39, 0.29) is 5.91 Å². The Hall–Kier alpha value is -2.55. The van der Waals surface area contributed by atoms with Gasteiger partial charge in [-0.3, -0.25) is 4.79 Å². The van der Waals surface area contributed by atoms with Gasteiger partial charge in [0, 0.05) is 22.7 Å². The number of hydrogen-bond donors (Lipinski definition) is 2. The van der Waals surface area contributed by atoms with Crippen LogP contribution in [0.25, 0.3) is 10.9 Å². The number of H-pyrrole nitrogens is 1. The zero-order chi connectivity index (χ0) is 12.4. The van der Waals surface area contributed by atoms with Gasteiger partial charge in [-0.15, -0.1) is 0 Å². The van der Waals surface area contributed by atoms with E-state index in [1.165, 1.54) is 0 Å². The maximum atomic E-state index is 12.0. The van der Waals surface area contributed by atoms with Crippen LogP contribution in [0.1, 0.15) is 10.5 Å². The first-order chi connectivity index (χ1) is 8.83. The summed E-state index contributed by atoms with van der Waals surface area (Å²) < 4.78 is 0. The fourth-order valence-corrected chi connectivity index (χ4v) is 1.86. The molecule has 0 aliphatic rings. The van der Waals surface area contributed by atoms with Gasteiger partial charge in [-0.25, -0.2) is 0 Å². The number of para-hydroxylation sites is 2. The van der Waals surface area contributed by atoms with Crippen molar-refractivity contribution < 1.29 is 4.79 Å². The zero-order valence-electron chi connectivity index (χ0n) is 9.60. The average Bonchev–Trinajstić information content (AvgIpc) is 2.84. The van der Waals surface area contributed by atoms with Crippen LogP contribution < -0.4 is 5.32 Å². The highest BCUT2D eigenvalue weighted by atomic mass is 16.1. The predicted molar refractivity (Wildman–Crippen MR) is 71.5 cm³/mol. The number of hydrogen-bond acceptors (Lipinski definition) is 1. The molecule has 87 valence electrons. The molecule has 0 spiro atoms. The quantitative estimate of drug-likeness (QED) is 0.703. The van der Waals surface area contributed by atoms with Gasteiger partial charge in [-0.05, 0) is 18.2 Å². The number of anilines is 1. The number of carbonyl (C=O) groups excluding carboxylic acids is 1. The summed E-state index contributed by atoms with van der Waals surface area (Å²) in [5, 5.41) is 3.82. The normalized spacial score (nSPS) is 10.4. The molecule has 0 atom stereocenters. The molecule has 0 saturated carbocycles. The highest BCUT2D eigenvalue weighted by molar-refractivity contribution is 6.05. The van der Waals surface area contributed by atoms with Crippen molar-refractivity contribution in [1.29, 1.82) is 0 Å². The molecule has 0 bridgehead atoms. The van der Waals surface area contributed by atoms with Gasteiger partial charge >= 0.3 is 0 Å². The zero-order valence-corrected chi connectivity index (χ0v) is 9.60. The van der Waals surface area contributed by atoms with Crippen LogP contribution in [-0.2, 0) is 0 Å². The number of aromatic amines is 1. The molecule has 0 saturated heterocycles. The van der Waals surface area contributed by atoms with Crippen LogP contribution in [-0.4, -0.2) is 10.9 Å². The minimum Gasteiger partial charge on any atom is -0.351 e. The Kier molecular flexibility index (Phi) is 2.57. The van der Waals surface area contributed by atoms with Crippen LogP contribution >= 0.6 is 0 Å². The summed E-state index contributed by atoms with van der Waals surface area (Å²) in [6.07, 6.45) is 0. The third-order valence-corrected chi connectivity index (χ3v) is 2.73. The summed E-state index contributed by atoms with van der Waals surface area (Å²) in [5.74, 6) is -0.159. The summed E-state index contributed by atoms with van der Waals surface area (Å²) in [6.45, 7) is 0. The summed E-state index contributed by atoms with van der Waals surface area (Å²) in [5.41, 5.74) is 2.18. The number of amides is 1. The molecule has 0 aliphatic heterocycles. The van der Waals surface area contributed by atoms with Crippen LogP contribution in [0.5, 0.6) is 0 Å². The number of nitrogens with one attached hydrogen (secondary N) is 2. The van der Waals surface area contributed by atoms with E-state index in [4.69, 9.17) is 0 Å². The van der Waals surface area contributed by atoms with Crippen molar-refractivity contribution in [2.75, 3.05) is 5.32 Å². The van der Waals surface area contributed by atoms with Crippen molar-refractivity contribution in [3.63, 3.8) is 0 Å². The number of fused-ring (bicyclic) bond motifs is 1. The minimum atomic E-state index is -0.159. The summed E-state index contributed by atoms with van der Waals surface area (Å²) in [4.78, 5) is 15.1. The molecule has 3 aromatic rings. The van der Waals surface area contributed by atoms with E-state index in [1.807, 2.05) is 42.5 Å². The summed E-state index contributed by atoms with van der Waals surface area (Å²) >= 11 is 0. The molecule has 2 aromatic carbocycles. The van der Waals surface area contributed by atoms with Crippen molar-refractivity contribution >= 4 is 22.5 Å². The van der Waals surface area contributed by atoms with Crippen molar-refractivity contribution in [1.82, 2.24) is 4.98 Å². The van der Waals surface area contributed by atoms with Gasteiger partial charge in [0.2, 0.25) is 0 Å². The Labute approximate surface area is 104 Å². The fraction of sp³-hybridized carbons (Fsp3) is 0. The first-order valence-corrected chi connectivity index (χ1v) is 5.69. The molecule has 1 radical (unpaired) electrons. The lowest BCUT2D eigenvalue weighted by molar-refractivity contribution is 0.102. The van der Waals surface area contributed by atoms with Crippen molar-refractivity contribution in [3.05, 3.63) is 66.4 Å². The Balaban J connectivity index is 1.88. The lowest BCUT2D eigenvalue weighted by Gasteiger charge is -2.01. The summed E-state index contributed by atoms with van der Waals surface area (Å²) in [7, 11) is 0. The van der Waals surface area contributed by atoms with E-state index in [2.05, 4.69) is 16.4 Å². The highest BCUT2D eigenvalue weighted by Crippen LogP contribution is 2.15. The van der Waals surface area contributed by atoms with Gasteiger partial charge < -0.3 is 10.3 Å². The molecule has 3 nitrogen and oxygen atoms in total. The van der Waals surface area contributed by atoms with E-state index in [0.717, 1.165) is 10.9 Å². The SMILES string of the molecule is O=C(Nc1[c]cccc1)c1cc2ccccc2[nH]1. The standard InChI is InChI=1S/C15H11N2O/c18-15(16-12-7-2-1-3-8-12)14-10-11-6-4-5-9-13(11)17-14/h1-7,9-10,17H,(H,16,18). The van der Waals surface area contributed by atoms with E-state index < -0.39 is 0 Å². The van der Waals surface area contributed by atoms with Crippen LogP contribution in [0.2, 0.25) is 0 Å². The predicted octanol–water partition coefficient (Wildman–Crippen LogP) is 3.22. The second kappa shape index (κ2) is 4.37. The second-order valence-corrected chi connectivity index (χ2v) is 4.00. The average molecular weight is 235 g/mol. The highest BCUT2D eigenvalue weighted by Gasteiger charge is 2.09. The molecule has 2 N–H and O–H groups in total. The van der Waals surface area contributed by atoms with Gasteiger partial charge in [-0.2, -0.15) is 0 Å². The number of aromatic nitrogens is 1. The monoisotopic (exact) mass is 235 g/mol. The van der Waals surface area contributed by atoms with E-state index in [1.54, 1.807) is 12.1 Å². The molecule has 3 heteroatoms. The lowest BCUT2D eigenvalue weighted by atomic mass is 10.2. The van der Waals surface area contributed by atoms with Crippen LogP contribution in [0, 0.1) is 6.07 Å². The van der Waals surface area contributed by atoms with Crippen LogP contribution in [0.4, 0.5) is 5.69 Å². The number of benzene rings is 2. The van der Waals surface area contributed by atoms with Crippen LogP contribution in [0.3, 0.4) is 0 Å². The van der Waals surface area contributed by atoms with Crippen molar-refractivity contribution in [3.8, 4) is 0 Å². The molecule has 3 rings (SSSR count). The van der Waals surface area contributed by atoms with Gasteiger partial charge in [0.05, 0.1) is 0 Å². The van der Waals surface area contributed by atoms with E-state index >= 15 is 0 Å². The molecular weight excluding hydrogens is 224 g/mol. The van der Waals surface area contributed by atoms with Gasteiger partial charge in [0.15, 0.2) is 0 Å². The Bertz CT molecular complexity index is 653. The fourth-order valence-electron chi connectivity index (χ4n) is 1.86. The van der Waals surface area contributed by atoms with Gasteiger partial charge in [-0.1, -0.05) is 36.4 Å². The first kappa shape index (κ1) is 10.6. The first-order valence-electron chi connectivity index (χ1n) is 5.69. The summed E-state index contributed by atoms with van der Waals surface area (Å²) in [6, 6.07) is 19.9. The Morgan fingerprint density at radius 1 is 1.11 bits per heavy atom. The second-order valence-electron chi connectivity index (χ2n) is 4.00. The maximum Gasteiger partial charge on any atom is 0.272 e. The van der Waals surface area contributed by atoms with Crippen molar-refractivity contribution in [2.24, 2.45) is 0 Å². The Morgan fingerprint density at radius 3 is 2.72 bits per heavy atom. The number of carbonyl (C=O) groups is 1. The van der Waals surface area contributed by atoms with Crippen molar-refractivity contribution in [2.45, 2.75) is 0 Å². The van der Waals surface area contributed by atoms with Gasteiger partial charge in [0.1, 0.15) is 5.69 Å². The molecule has 1 aromatic heterocycles. The largest absolute Gasteiger partial charge is 0.351 e. The maximum absolute atomic E-state index is 12.0. The number of rotatable bonds is 2. The Morgan fingerprint density at radius 2 is 1.94 bits per heavy atom. The molecule has 0 fully saturated rings. The molecule has 18 heavy (non-hydrogen) atoms. The van der Waals surface area contributed by atoms with E-state index in [9.17, 15) is 4.79 Å². The topological polar surface area (TPSA) is 44.9 Å².